The summed E-state index contributed by atoms with van der Waals surface area (Å²) >= 11 is 0. The summed E-state index contributed by atoms with van der Waals surface area (Å²) in [5.41, 5.74) is 0. The van der Waals surface area contributed by atoms with Gasteiger partial charge >= 0.3 is 0 Å². The molecule has 0 unspecified atom stereocenters. The third kappa shape index (κ3) is 10.4. The monoisotopic (exact) mass is 233 g/mol. The second-order valence-electron chi connectivity index (χ2n) is 3.49. The standard InChI is InChI=1S/C12H27NO3/c1-4-8-13-9-11-14-10-7-12(15-5-2)16-6-3/h12-13H,4-11H2,1-3H3. The van der Waals surface area contributed by atoms with E-state index < -0.39 is 0 Å². The minimum Gasteiger partial charge on any atom is -0.380 e. The molecule has 0 bridgehead atoms. The first-order valence-electron chi connectivity index (χ1n) is 6.36. The van der Waals surface area contributed by atoms with Gasteiger partial charge in [-0.2, -0.15) is 0 Å². The van der Waals surface area contributed by atoms with E-state index in [0.717, 1.165) is 32.5 Å². The third-order valence-electron chi connectivity index (χ3n) is 2.05. The molecule has 0 fully saturated rings. The molecular weight excluding hydrogens is 206 g/mol. The van der Waals surface area contributed by atoms with E-state index in [0.29, 0.717) is 19.8 Å². The molecule has 4 heteroatoms. The minimum atomic E-state index is -0.112. The van der Waals surface area contributed by atoms with Crippen molar-refractivity contribution in [3.05, 3.63) is 0 Å². The summed E-state index contributed by atoms with van der Waals surface area (Å²) in [5.74, 6) is 0. The summed E-state index contributed by atoms with van der Waals surface area (Å²) in [6.07, 6.45) is 1.85. The molecule has 0 amide bonds. The topological polar surface area (TPSA) is 39.7 Å². The largest absolute Gasteiger partial charge is 0.380 e. The molecule has 0 aliphatic heterocycles. The molecule has 98 valence electrons. The van der Waals surface area contributed by atoms with E-state index in [4.69, 9.17) is 14.2 Å². The molecule has 16 heavy (non-hydrogen) atoms. The van der Waals surface area contributed by atoms with E-state index >= 15 is 0 Å². The van der Waals surface area contributed by atoms with Crippen molar-refractivity contribution in [1.82, 2.24) is 5.32 Å². The van der Waals surface area contributed by atoms with Gasteiger partial charge in [-0.1, -0.05) is 6.92 Å². The summed E-state index contributed by atoms with van der Waals surface area (Å²) in [6, 6.07) is 0. The number of ether oxygens (including phenoxy) is 3. The Morgan fingerprint density at radius 1 is 0.938 bits per heavy atom. The Morgan fingerprint density at radius 3 is 2.19 bits per heavy atom. The Bertz CT molecular complexity index is 127. The van der Waals surface area contributed by atoms with E-state index in [9.17, 15) is 0 Å². The summed E-state index contributed by atoms with van der Waals surface area (Å²) in [7, 11) is 0. The molecule has 0 rings (SSSR count). The predicted octanol–water partition coefficient (Wildman–Crippen LogP) is 1.79. The molecule has 0 radical (unpaired) electrons. The van der Waals surface area contributed by atoms with Crippen LogP contribution < -0.4 is 5.32 Å². The zero-order valence-corrected chi connectivity index (χ0v) is 11.0. The average molecular weight is 233 g/mol. The second kappa shape index (κ2) is 12.9. The van der Waals surface area contributed by atoms with Crippen LogP contribution in [-0.4, -0.2) is 45.8 Å². The van der Waals surface area contributed by atoms with Gasteiger partial charge in [-0.25, -0.2) is 0 Å². The highest BCUT2D eigenvalue weighted by atomic mass is 16.7. The smallest absolute Gasteiger partial charge is 0.159 e. The van der Waals surface area contributed by atoms with E-state index in [-0.39, 0.29) is 6.29 Å². The molecule has 0 atom stereocenters. The lowest BCUT2D eigenvalue weighted by molar-refractivity contribution is -0.146. The first-order valence-corrected chi connectivity index (χ1v) is 6.36. The molecule has 0 aromatic carbocycles. The molecule has 0 aliphatic carbocycles. The first-order chi connectivity index (χ1) is 7.85. The predicted molar refractivity (Wildman–Crippen MR) is 65.6 cm³/mol. The highest BCUT2D eigenvalue weighted by Crippen LogP contribution is 2.01. The lowest BCUT2D eigenvalue weighted by atomic mass is 10.4. The molecule has 0 saturated heterocycles. The number of rotatable bonds is 12. The van der Waals surface area contributed by atoms with Crippen molar-refractivity contribution < 1.29 is 14.2 Å². The van der Waals surface area contributed by atoms with Crippen molar-refractivity contribution in [1.29, 1.82) is 0 Å². The van der Waals surface area contributed by atoms with Crippen molar-refractivity contribution in [2.24, 2.45) is 0 Å². The molecule has 0 saturated carbocycles. The number of hydrogen-bond donors (Lipinski definition) is 1. The highest BCUT2D eigenvalue weighted by Gasteiger charge is 2.06. The van der Waals surface area contributed by atoms with Crippen molar-refractivity contribution in [2.75, 3.05) is 39.5 Å². The summed E-state index contributed by atoms with van der Waals surface area (Å²) in [6.45, 7) is 10.9. The van der Waals surface area contributed by atoms with Crippen molar-refractivity contribution in [3.8, 4) is 0 Å². The zero-order valence-electron chi connectivity index (χ0n) is 11.0. The Labute approximate surface area is 99.6 Å². The fourth-order valence-electron chi connectivity index (χ4n) is 1.31. The van der Waals surface area contributed by atoms with E-state index in [1.807, 2.05) is 13.8 Å². The SMILES string of the molecule is CCCNCCOCCC(OCC)OCC. The normalized spacial score (nSPS) is 11.2. The molecule has 0 aromatic rings. The van der Waals surface area contributed by atoms with Gasteiger partial charge in [0.1, 0.15) is 0 Å². The Balaban J connectivity index is 3.25. The molecule has 0 aromatic heterocycles. The Kier molecular flexibility index (Phi) is 12.8. The van der Waals surface area contributed by atoms with E-state index in [1.165, 1.54) is 0 Å². The average Bonchev–Trinajstić information content (AvgIpc) is 2.28. The third-order valence-corrected chi connectivity index (χ3v) is 2.05. The van der Waals surface area contributed by atoms with Gasteiger partial charge in [-0.3, -0.25) is 0 Å². The van der Waals surface area contributed by atoms with Crippen LogP contribution >= 0.6 is 0 Å². The van der Waals surface area contributed by atoms with Crippen LogP contribution in [-0.2, 0) is 14.2 Å². The molecular formula is C12H27NO3. The van der Waals surface area contributed by atoms with Crippen LogP contribution in [0.25, 0.3) is 0 Å². The molecule has 0 heterocycles. The van der Waals surface area contributed by atoms with Crippen molar-refractivity contribution in [2.45, 2.75) is 39.9 Å². The molecule has 0 spiro atoms. The maximum atomic E-state index is 5.48. The second-order valence-corrected chi connectivity index (χ2v) is 3.49. The van der Waals surface area contributed by atoms with Gasteiger partial charge in [0.15, 0.2) is 6.29 Å². The lowest BCUT2D eigenvalue weighted by Crippen LogP contribution is -2.23. The van der Waals surface area contributed by atoms with Crippen LogP contribution in [0.5, 0.6) is 0 Å². The fourth-order valence-corrected chi connectivity index (χ4v) is 1.31. The summed E-state index contributed by atoms with van der Waals surface area (Å²) < 4.78 is 16.3. The van der Waals surface area contributed by atoms with E-state index in [2.05, 4.69) is 12.2 Å². The van der Waals surface area contributed by atoms with Gasteiger partial charge in [0.25, 0.3) is 0 Å². The number of nitrogens with one attached hydrogen (secondary N) is 1. The highest BCUT2D eigenvalue weighted by molar-refractivity contribution is 4.47. The van der Waals surface area contributed by atoms with Gasteiger partial charge in [0.2, 0.25) is 0 Å². The molecule has 1 N–H and O–H groups in total. The number of hydrogen-bond acceptors (Lipinski definition) is 4. The van der Waals surface area contributed by atoms with Crippen molar-refractivity contribution >= 4 is 0 Å². The van der Waals surface area contributed by atoms with E-state index in [1.54, 1.807) is 0 Å². The van der Waals surface area contributed by atoms with Gasteiger partial charge in [-0.05, 0) is 26.8 Å². The maximum Gasteiger partial charge on any atom is 0.159 e. The summed E-state index contributed by atoms with van der Waals surface area (Å²) in [5, 5.41) is 3.29. The first kappa shape index (κ1) is 15.8. The van der Waals surface area contributed by atoms with Gasteiger partial charge < -0.3 is 19.5 Å². The Hall–Kier alpha value is -0.160. The van der Waals surface area contributed by atoms with Crippen LogP contribution in [0.4, 0.5) is 0 Å². The fraction of sp³-hybridized carbons (Fsp3) is 1.00. The van der Waals surface area contributed by atoms with Crippen molar-refractivity contribution in [3.63, 3.8) is 0 Å². The van der Waals surface area contributed by atoms with Gasteiger partial charge in [0, 0.05) is 26.2 Å². The van der Waals surface area contributed by atoms with Crippen LogP contribution in [0.3, 0.4) is 0 Å². The molecule has 4 nitrogen and oxygen atoms in total. The molecule has 0 aliphatic rings. The minimum absolute atomic E-state index is 0.112. The van der Waals surface area contributed by atoms with Crippen LogP contribution in [0.15, 0.2) is 0 Å². The Morgan fingerprint density at radius 2 is 1.62 bits per heavy atom. The maximum absolute atomic E-state index is 5.48. The van der Waals surface area contributed by atoms with Crippen LogP contribution in [0, 0.1) is 0 Å². The summed E-state index contributed by atoms with van der Waals surface area (Å²) in [4.78, 5) is 0. The van der Waals surface area contributed by atoms with Crippen LogP contribution in [0.1, 0.15) is 33.6 Å². The quantitative estimate of drug-likeness (QED) is 0.412. The van der Waals surface area contributed by atoms with Crippen LogP contribution in [0.2, 0.25) is 0 Å². The zero-order chi connectivity index (χ0) is 12.1. The van der Waals surface area contributed by atoms with Gasteiger partial charge in [0.05, 0.1) is 13.2 Å². The van der Waals surface area contributed by atoms with Gasteiger partial charge in [-0.15, -0.1) is 0 Å². The lowest BCUT2D eigenvalue weighted by Gasteiger charge is -2.16.